The van der Waals surface area contributed by atoms with E-state index < -0.39 is 0 Å². The number of rotatable bonds is 12. The van der Waals surface area contributed by atoms with Gasteiger partial charge in [-0.05, 0) is 51.4 Å². The van der Waals surface area contributed by atoms with E-state index in [0.29, 0.717) is 52.0 Å². The molecular formula is C15H33N5O2. The van der Waals surface area contributed by atoms with Crippen LogP contribution in [0.15, 0.2) is 0 Å². The standard InChI is InChI=1S/C15H33N5O2/c1-12(2)14(19-10-4-8-17)15(22)20(11-5-9-18)13(21)6-3-7-16/h12,14,19H,3-11,16-18H2,1-2H3. The zero-order chi connectivity index (χ0) is 17.0. The summed E-state index contributed by atoms with van der Waals surface area (Å²) < 4.78 is 0. The van der Waals surface area contributed by atoms with E-state index in [9.17, 15) is 9.59 Å². The van der Waals surface area contributed by atoms with Crippen molar-refractivity contribution in [2.75, 3.05) is 32.7 Å². The Morgan fingerprint density at radius 1 is 1.00 bits per heavy atom. The van der Waals surface area contributed by atoms with Gasteiger partial charge >= 0.3 is 0 Å². The number of hydrogen-bond acceptors (Lipinski definition) is 6. The molecule has 1 unspecified atom stereocenters. The molecule has 7 N–H and O–H groups in total. The summed E-state index contributed by atoms with van der Waals surface area (Å²) in [6, 6.07) is -0.383. The van der Waals surface area contributed by atoms with Crippen LogP contribution in [-0.4, -0.2) is 55.5 Å². The predicted octanol–water partition coefficient (Wildman–Crippen LogP) is -0.608. The molecule has 0 aliphatic rings. The minimum absolute atomic E-state index is 0.0907. The second-order valence-electron chi connectivity index (χ2n) is 5.74. The van der Waals surface area contributed by atoms with Crippen LogP contribution in [0, 0.1) is 5.92 Å². The highest BCUT2D eigenvalue weighted by molar-refractivity contribution is 5.98. The third-order valence-corrected chi connectivity index (χ3v) is 3.43. The van der Waals surface area contributed by atoms with Gasteiger partial charge < -0.3 is 22.5 Å². The van der Waals surface area contributed by atoms with Gasteiger partial charge in [0.15, 0.2) is 0 Å². The number of nitrogens with two attached hydrogens (primary N) is 3. The van der Waals surface area contributed by atoms with Gasteiger partial charge in [0.2, 0.25) is 11.8 Å². The summed E-state index contributed by atoms with van der Waals surface area (Å²) in [7, 11) is 0. The molecule has 0 aromatic carbocycles. The first-order valence-corrected chi connectivity index (χ1v) is 8.17. The number of nitrogens with one attached hydrogen (secondary N) is 1. The quantitative estimate of drug-likeness (QED) is 0.356. The minimum atomic E-state index is -0.383. The normalized spacial score (nSPS) is 12.5. The van der Waals surface area contributed by atoms with Gasteiger partial charge in [-0.25, -0.2) is 0 Å². The van der Waals surface area contributed by atoms with Gasteiger partial charge in [0.25, 0.3) is 0 Å². The molecule has 0 saturated carbocycles. The highest BCUT2D eigenvalue weighted by Gasteiger charge is 2.29. The largest absolute Gasteiger partial charge is 0.330 e. The van der Waals surface area contributed by atoms with E-state index in [0.717, 1.165) is 6.42 Å². The Kier molecular flexibility index (Phi) is 11.9. The van der Waals surface area contributed by atoms with Gasteiger partial charge in [-0.2, -0.15) is 0 Å². The zero-order valence-corrected chi connectivity index (χ0v) is 14.0. The molecule has 0 radical (unpaired) electrons. The molecule has 0 aliphatic heterocycles. The summed E-state index contributed by atoms with van der Waals surface area (Å²) in [5, 5.41) is 3.21. The molecule has 130 valence electrons. The van der Waals surface area contributed by atoms with E-state index >= 15 is 0 Å². The molecule has 0 saturated heterocycles. The molecule has 0 rings (SSSR count). The molecular weight excluding hydrogens is 282 g/mol. The fraction of sp³-hybridized carbons (Fsp3) is 0.867. The van der Waals surface area contributed by atoms with Crippen LogP contribution in [0.1, 0.15) is 39.5 Å². The Balaban J connectivity index is 4.88. The summed E-state index contributed by atoms with van der Waals surface area (Å²) in [6.07, 6.45) is 2.27. The van der Waals surface area contributed by atoms with Crippen molar-refractivity contribution in [3.8, 4) is 0 Å². The van der Waals surface area contributed by atoms with E-state index in [4.69, 9.17) is 17.2 Å². The van der Waals surface area contributed by atoms with Crippen molar-refractivity contribution in [2.24, 2.45) is 23.1 Å². The number of imide groups is 1. The molecule has 2 amide bonds. The molecule has 7 heteroatoms. The number of carbonyl (C=O) groups is 2. The van der Waals surface area contributed by atoms with Gasteiger partial charge in [0.1, 0.15) is 0 Å². The number of hydrogen-bond donors (Lipinski definition) is 4. The van der Waals surface area contributed by atoms with Crippen molar-refractivity contribution >= 4 is 11.8 Å². The molecule has 1 atom stereocenters. The molecule has 22 heavy (non-hydrogen) atoms. The zero-order valence-electron chi connectivity index (χ0n) is 14.0. The fourth-order valence-corrected chi connectivity index (χ4v) is 2.13. The molecule has 0 aliphatic carbocycles. The third kappa shape index (κ3) is 7.84. The van der Waals surface area contributed by atoms with E-state index in [2.05, 4.69) is 5.32 Å². The maximum Gasteiger partial charge on any atom is 0.246 e. The van der Waals surface area contributed by atoms with Gasteiger partial charge in [0, 0.05) is 13.0 Å². The first-order chi connectivity index (χ1) is 10.5. The monoisotopic (exact) mass is 315 g/mol. The summed E-state index contributed by atoms with van der Waals surface area (Å²) in [4.78, 5) is 26.3. The second-order valence-corrected chi connectivity index (χ2v) is 5.74. The Hall–Kier alpha value is -1.02. The number of nitrogens with zero attached hydrogens (tertiary/aromatic N) is 1. The molecule has 0 aromatic heterocycles. The van der Waals surface area contributed by atoms with Gasteiger partial charge in [0.05, 0.1) is 6.04 Å². The van der Waals surface area contributed by atoms with Crippen LogP contribution >= 0.6 is 0 Å². The van der Waals surface area contributed by atoms with Crippen LogP contribution in [-0.2, 0) is 9.59 Å². The highest BCUT2D eigenvalue weighted by Crippen LogP contribution is 2.09. The van der Waals surface area contributed by atoms with E-state index in [1.807, 2.05) is 13.8 Å². The lowest BCUT2D eigenvalue weighted by atomic mass is 10.0. The van der Waals surface area contributed by atoms with Gasteiger partial charge in [-0.15, -0.1) is 0 Å². The summed E-state index contributed by atoms with van der Waals surface area (Å²) in [6.45, 7) is 6.40. The number of amides is 2. The fourth-order valence-electron chi connectivity index (χ4n) is 2.13. The maximum atomic E-state index is 12.7. The van der Waals surface area contributed by atoms with E-state index in [1.54, 1.807) is 0 Å². The third-order valence-electron chi connectivity index (χ3n) is 3.43. The van der Waals surface area contributed by atoms with Crippen molar-refractivity contribution < 1.29 is 9.59 Å². The van der Waals surface area contributed by atoms with Crippen molar-refractivity contribution in [3.05, 3.63) is 0 Å². The second kappa shape index (κ2) is 12.5. The van der Waals surface area contributed by atoms with Crippen LogP contribution in [0.2, 0.25) is 0 Å². The Labute approximate surface area is 134 Å². The van der Waals surface area contributed by atoms with E-state index in [1.165, 1.54) is 4.90 Å². The highest BCUT2D eigenvalue weighted by atomic mass is 16.2. The van der Waals surface area contributed by atoms with E-state index in [-0.39, 0.29) is 23.8 Å². The lowest BCUT2D eigenvalue weighted by molar-refractivity contribution is -0.147. The molecule has 0 fully saturated rings. The smallest absolute Gasteiger partial charge is 0.246 e. The average molecular weight is 315 g/mol. The summed E-state index contributed by atoms with van der Waals surface area (Å²) in [5.41, 5.74) is 16.4. The van der Waals surface area contributed by atoms with Crippen molar-refractivity contribution in [3.63, 3.8) is 0 Å². The van der Waals surface area contributed by atoms with Crippen LogP contribution in [0.3, 0.4) is 0 Å². The lowest BCUT2D eigenvalue weighted by Gasteiger charge is -2.28. The molecule has 7 nitrogen and oxygen atoms in total. The maximum absolute atomic E-state index is 12.7. The first kappa shape index (κ1) is 21.0. The molecule has 0 bridgehead atoms. The van der Waals surface area contributed by atoms with Crippen molar-refractivity contribution in [2.45, 2.75) is 45.6 Å². The van der Waals surface area contributed by atoms with Crippen molar-refractivity contribution in [1.29, 1.82) is 0 Å². The Morgan fingerprint density at radius 3 is 2.09 bits per heavy atom. The first-order valence-electron chi connectivity index (χ1n) is 8.17. The van der Waals surface area contributed by atoms with Crippen LogP contribution in [0.25, 0.3) is 0 Å². The molecule has 0 spiro atoms. The molecule has 0 heterocycles. The minimum Gasteiger partial charge on any atom is -0.330 e. The average Bonchev–Trinajstić information content (AvgIpc) is 2.49. The Bertz CT molecular complexity index is 323. The summed E-state index contributed by atoms with van der Waals surface area (Å²) in [5.74, 6) is -0.259. The Morgan fingerprint density at radius 2 is 1.59 bits per heavy atom. The van der Waals surface area contributed by atoms with Gasteiger partial charge in [-0.3, -0.25) is 14.5 Å². The SMILES string of the molecule is CC(C)C(NCCCN)C(=O)N(CCCN)C(=O)CCCN. The topological polar surface area (TPSA) is 127 Å². The van der Waals surface area contributed by atoms with Crippen LogP contribution in [0.5, 0.6) is 0 Å². The van der Waals surface area contributed by atoms with Crippen LogP contribution < -0.4 is 22.5 Å². The lowest BCUT2D eigenvalue weighted by Crippen LogP contribution is -2.52. The molecule has 0 aromatic rings. The predicted molar refractivity (Wildman–Crippen MR) is 89.0 cm³/mol. The van der Waals surface area contributed by atoms with Gasteiger partial charge in [-0.1, -0.05) is 13.8 Å². The number of carbonyl (C=O) groups excluding carboxylic acids is 2. The van der Waals surface area contributed by atoms with Crippen LogP contribution in [0.4, 0.5) is 0 Å². The summed E-state index contributed by atoms with van der Waals surface area (Å²) >= 11 is 0. The van der Waals surface area contributed by atoms with Crippen molar-refractivity contribution in [1.82, 2.24) is 10.2 Å².